The maximum absolute atomic E-state index is 6.30. The summed E-state index contributed by atoms with van der Waals surface area (Å²) in [4.78, 5) is 15.8. The fourth-order valence-electron chi connectivity index (χ4n) is 2.35. The first kappa shape index (κ1) is 14.3. The van der Waals surface area contributed by atoms with Gasteiger partial charge in [-0.25, -0.2) is 9.97 Å². The van der Waals surface area contributed by atoms with Crippen LogP contribution in [0.2, 0.25) is 5.15 Å². The molecule has 2 aromatic heterocycles. The summed E-state index contributed by atoms with van der Waals surface area (Å²) in [5, 5.41) is 0.571. The second-order valence-electron chi connectivity index (χ2n) is 5.43. The van der Waals surface area contributed by atoms with E-state index in [1.807, 2.05) is 31.3 Å². The van der Waals surface area contributed by atoms with Crippen molar-refractivity contribution in [3.63, 3.8) is 0 Å². The quantitative estimate of drug-likeness (QED) is 0.789. The van der Waals surface area contributed by atoms with Gasteiger partial charge in [-0.15, -0.1) is 0 Å². The lowest BCUT2D eigenvalue weighted by atomic mass is 10.2. The van der Waals surface area contributed by atoms with E-state index in [-0.39, 0.29) is 0 Å². The zero-order valence-electron chi connectivity index (χ0n) is 12.4. The molecule has 5 heteroatoms. The molecule has 0 spiro atoms. The molecule has 4 nitrogen and oxygen atoms in total. The van der Waals surface area contributed by atoms with Gasteiger partial charge < -0.3 is 4.90 Å². The standard InChI is InChI=1S/C16H19ClN4/c1-3-21(10-13-6-4-5-9-18-13)16-11(2)14(17)19-15(20-16)12-7-8-12/h4-6,9,12H,3,7-8,10H2,1-2H3. The van der Waals surface area contributed by atoms with Gasteiger partial charge in [-0.3, -0.25) is 4.98 Å². The molecule has 3 rings (SSSR count). The zero-order chi connectivity index (χ0) is 14.8. The fraction of sp³-hybridized carbons (Fsp3) is 0.438. The molecule has 0 radical (unpaired) electrons. The van der Waals surface area contributed by atoms with E-state index < -0.39 is 0 Å². The van der Waals surface area contributed by atoms with Gasteiger partial charge in [-0.1, -0.05) is 17.7 Å². The Bertz CT molecular complexity index is 626. The number of aromatic nitrogens is 3. The first-order valence-corrected chi connectivity index (χ1v) is 7.75. The first-order valence-electron chi connectivity index (χ1n) is 7.38. The Labute approximate surface area is 130 Å². The topological polar surface area (TPSA) is 41.9 Å². The van der Waals surface area contributed by atoms with Crippen molar-refractivity contribution in [1.29, 1.82) is 0 Å². The largest absolute Gasteiger partial charge is 0.351 e. The summed E-state index contributed by atoms with van der Waals surface area (Å²) in [5.41, 5.74) is 1.97. The summed E-state index contributed by atoms with van der Waals surface area (Å²) < 4.78 is 0. The van der Waals surface area contributed by atoms with Crippen LogP contribution in [0.4, 0.5) is 5.82 Å². The second-order valence-corrected chi connectivity index (χ2v) is 5.79. The molecule has 0 saturated heterocycles. The van der Waals surface area contributed by atoms with Crippen molar-refractivity contribution in [2.45, 2.75) is 39.2 Å². The van der Waals surface area contributed by atoms with E-state index in [0.29, 0.717) is 11.1 Å². The average Bonchev–Trinajstić information content (AvgIpc) is 3.33. The number of hydrogen-bond donors (Lipinski definition) is 0. The highest BCUT2D eigenvalue weighted by Crippen LogP contribution is 2.40. The lowest BCUT2D eigenvalue weighted by Gasteiger charge is -2.24. The van der Waals surface area contributed by atoms with Gasteiger partial charge in [0.1, 0.15) is 16.8 Å². The SMILES string of the molecule is CCN(Cc1ccccn1)c1nc(C2CC2)nc(Cl)c1C. The maximum atomic E-state index is 6.30. The molecule has 2 aromatic rings. The van der Waals surface area contributed by atoms with Crippen LogP contribution in [0.15, 0.2) is 24.4 Å². The monoisotopic (exact) mass is 302 g/mol. The molecule has 0 unspecified atom stereocenters. The Kier molecular flexibility index (Phi) is 4.06. The van der Waals surface area contributed by atoms with Gasteiger partial charge >= 0.3 is 0 Å². The Morgan fingerprint density at radius 1 is 1.29 bits per heavy atom. The Morgan fingerprint density at radius 2 is 2.10 bits per heavy atom. The van der Waals surface area contributed by atoms with Gasteiger partial charge in [-0.05, 0) is 38.8 Å². The van der Waals surface area contributed by atoms with Crippen LogP contribution < -0.4 is 4.90 Å². The van der Waals surface area contributed by atoms with E-state index in [1.165, 1.54) is 12.8 Å². The molecular formula is C16H19ClN4. The van der Waals surface area contributed by atoms with Crippen LogP contribution in [-0.4, -0.2) is 21.5 Å². The second kappa shape index (κ2) is 5.98. The van der Waals surface area contributed by atoms with E-state index >= 15 is 0 Å². The van der Waals surface area contributed by atoms with Crippen LogP contribution in [0, 0.1) is 6.92 Å². The van der Waals surface area contributed by atoms with Crippen molar-refractivity contribution >= 4 is 17.4 Å². The van der Waals surface area contributed by atoms with E-state index in [9.17, 15) is 0 Å². The molecule has 0 aromatic carbocycles. The Balaban J connectivity index is 1.92. The number of halogens is 1. The van der Waals surface area contributed by atoms with Crippen LogP contribution >= 0.6 is 11.6 Å². The van der Waals surface area contributed by atoms with E-state index in [0.717, 1.165) is 36.0 Å². The van der Waals surface area contributed by atoms with Crippen molar-refractivity contribution in [2.75, 3.05) is 11.4 Å². The lowest BCUT2D eigenvalue weighted by Crippen LogP contribution is -2.25. The molecule has 1 saturated carbocycles. The molecule has 21 heavy (non-hydrogen) atoms. The molecule has 2 heterocycles. The highest BCUT2D eigenvalue weighted by Gasteiger charge is 2.28. The predicted octanol–water partition coefficient (Wildman–Crippen LogP) is 3.74. The molecule has 0 atom stereocenters. The Morgan fingerprint density at radius 3 is 2.71 bits per heavy atom. The van der Waals surface area contributed by atoms with Gasteiger partial charge in [-0.2, -0.15) is 0 Å². The molecule has 110 valence electrons. The predicted molar refractivity (Wildman–Crippen MR) is 84.7 cm³/mol. The molecule has 1 aliphatic carbocycles. The first-order chi connectivity index (χ1) is 10.2. The summed E-state index contributed by atoms with van der Waals surface area (Å²) in [6.07, 6.45) is 4.16. The van der Waals surface area contributed by atoms with Gasteiger partial charge in [0, 0.05) is 24.2 Å². The third-order valence-electron chi connectivity index (χ3n) is 3.78. The molecule has 0 bridgehead atoms. The van der Waals surface area contributed by atoms with Crippen molar-refractivity contribution in [3.8, 4) is 0 Å². The van der Waals surface area contributed by atoms with E-state index in [4.69, 9.17) is 16.6 Å². The summed E-state index contributed by atoms with van der Waals surface area (Å²) in [7, 11) is 0. The minimum atomic E-state index is 0.496. The van der Waals surface area contributed by atoms with Crippen molar-refractivity contribution < 1.29 is 0 Å². The van der Waals surface area contributed by atoms with E-state index in [1.54, 1.807) is 0 Å². The lowest BCUT2D eigenvalue weighted by molar-refractivity contribution is 0.773. The summed E-state index contributed by atoms with van der Waals surface area (Å²) >= 11 is 6.30. The van der Waals surface area contributed by atoms with Crippen molar-refractivity contribution in [2.24, 2.45) is 0 Å². The number of hydrogen-bond acceptors (Lipinski definition) is 4. The molecular weight excluding hydrogens is 284 g/mol. The number of rotatable bonds is 5. The van der Waals surface area contributed by atoms with Crippen LogP contribution in [0.1, 0.15) is 42.8 Å². The third-order valence-corrected chi connectivity index (χ3v) is 4.15. The maximum Gasteiger partial charge on any atom is 0.137 e. The van der Waals surface area contributed by atoms with Crippen LogP contribution in [-0.2, 0) is 6.54 Å². The molecule has 0 N–H and O–H groups in total. The minimum Gasteiger partial charge on any atom is -0.351 e. The smallest absolute Gasteiger partial charge is 0.137 e. The summed E-state index contributed by atoms with van der Waals surface area (Å²) in [5.74, 6) is 2.32. The molecule has 0 amide bonds. The van der Waals surface area contributed by atoms with Crippen molar-refractivity contribution in [1.82, 2.24) is 15.0 Å². The van der Waals surface area contributed by atoms with Gasteiger partial charge in [0.15, 0.2) is 0 Å². The number of pyridine rings is 1. The number of anilines is 1. The molecule has 1 fully saturated rings. The average molecular weight is 303 g/mol. The molecule has 0 aliphatic heterocycles. The highest BCUT2D eigenvalue weighted by atomic mass is 35.5. The van der Waals surface area contributed by atoms with Crippen LogP contribution in [0.3, 0.4) is 0 Å². The van der Waals surface area contributed by atoms with E-state index in [2.05, 4.69) is 21.8 Å². The number of nitrogens with zero attached hydrogens (tertiary/aromatic N) is 4. The summed E-state index contributed by atoms with van der Waals surface area (Å²) in [6, 6.07) is 5.96. The van der Waals surface area contributed by atoms with Crippen molar-refractivity contribution in [3.05, 3.63) is 46.6 Å². The minimum absolute atomic E-state index is 0.496. The van der Waals surface area contributed by atoms with Crippen LogP contribution in [0.5, 0.6) is 0 Å². The Hall–Kier alpha value is -1.68. The van der Waals surface area contributed by atoms with Crippen LogP contribution in [0.25, 0.3) is 0 Å². The zero-order valence-corrected chi connectivity index (χ0v) is 13.1. The third kappa shape index (κ3) is 3.16. The molecule has 1 aliphatic rings. The van der Waals surface area contributed by atoms with Gasteiger partial charge in [0.05, 0.1) is 12.2 Å². The van der Waals surface area contributed by atoms with Gasteiger partial charge in [0.25, 0.3) is 0 Å². The highest BCUT2D eigenvalue weighted by molar-refractivity contribution is 6.30. The summed E-state index contributed by atoms with van der Waals surface area (Å²) in [6.45, 7) is 5.69. The fourth-order valence-corrected chi connectivity index (χ4v) is 2.52. The van der Waals surface area contributed by atoms with Gasteiger partial charge in [0.2, 0.25) is 0 Å². The normalized spacial score (nSPS) is 14.2.